The molecule has 0 bridgehead atoms. The van der Waals surface area contributed by atoms with Gasteiger partial charge < -0.3 is 10.2 Å². The van der Waals surface area contributed by atoms with Gasteiger partial charge in [0.05, 0.1) is 17.0 Å². The molecule has 0 saturated heterocycles. The van der Waals surface area contributed by atoms with Crippen molar-refractivity contribution in [2.75, 3.05) is 0 Å². The molecule has 2 heterocycles. The number of aryl methyl sites for hydroxylation is 3. The van der Waals surface area contributed by atoms with E-state index in [1.54, 1.807) is 17.6 Å². The summed E-state index contributed by atoms with van der Waals surface area (Å²) in [6, 6.07) is 1.95. The molecule has 2 rings (SSSR count). The fourth-order valence-electron chi connectivity index (χ4n) is 1.89. The molecule has 0 spiro atoms. The van der Waals surface area contributed by atoms with Crippen LogP contribution in [0.15, 0.2) is 16.7 Å². The van der Waals surface area contributed by atoms with Crippen LogP contribution in [0.4, 0.5) is 0 Å². The first kappa shape index (κ1) is 12.3. The van der Waals surface area contributed by atoms with Crippen molar-refractivity contribution < 1.29 is 4.42 Å². The molecular formula is C13H18N2OS. The van der Waals surface area contributed by atoms with Gasteiger partial charge in [0.25, 0.3) is 0 Å². The Labute approximate surface area is 106 Å². The summed E-state index contributed by atoms with van der Waals surface area (Å²) in [5, 5.41) is 1.11. The average Bonchev–Trinajstić information content (AvgIpc) is 2.86. The molecule has 3 nitrogen and oxygen atoms in total. The molecule has 0 saturated carbocycles. The number of hydrogen-bond acceptors (Lipinski definition) is 4. The van der Waals surface area contributed by atoms with Crippen molar-refractivity contribution in [3.63, 3.8) is 0 Å². The van der Waals surface area contributed by atoms with Crippen molar-refractivity contribution in [1.29, 1.82) is 0 Å². The van der Waals surface area contributed by atoms with Crippen LogP contribution in [-0.2, 0) is 12.8 Å². The van der Waals surface area contributed by atoms with Gasteiger partial charge in [-0.1, -0.05) is 6.92 Å². The predicted octanol–water partition coefficient (Wildman–Crippen LogP) is 3.16. The van der Waals surface area contributed by atoms with Crippen LogP contribution in [0.25, 0.3) is 0 Å². The molecular weight excluding hydrogens is 232 g/mol. The van der Waals surface area contributed by atoms with E-state index in [9.17, 15) is 0 Å². The zero-order valence-corrected chi connectivity index (χ0v) is 11.3. The van der Waals surface area contributed by atoms with Crippen molar-refractivity contribution in [3.05, 3.63) is 39.2 Å². The first-order valence-electron chi connectivity index (χ1n) is 5.86. The summed E-state index contributed by atoms with van der Waals surface area (Å²) in [4.78, 5) is 5.80. The maximum Gasteiger partial charge on any atom is 0.108 e. The van der Waals surface area contributed by atoms with Crippen LogP contribution in [-0.4, -0.2) is 4.98 Å². The Hall–Kier alpha value is -1.13. The molecule has 0 aliphatic rings. The lowest BCUT2D eigenvalue weighted by Crippen LogP contribution is -2.14. The largest absolute Gasteiger partial charge is 0.469 e. The average molecular weight is 250 g/mol. The molecule has 2 N–H and O–H groups in total. The summed E-state index contributed by atoms with van der Waals surface area (Å²) in [5.41, 5.74) is 8.43. The van der Waals surface area contributed by atoms with Gasteiger partial charge in [0.15, 0.2) is 0 Å². The smallest absolute Gasteiger partial charge is 0.108 e. The van der Waals surface area contributed by atoms with E-state index in [4.69, 9.17) is 10.2 Å². The second kappa shape index (κ2) is 5.02. The van der Waals surface area contributed by atoms with Gasteiger partial charge in [-0.25, -0.2) is 4.98 Å². The van der Waals surface area contributed by atoms with Crippen molar-refractivity contribution in [2.24, 2.45) is 5.73 Å². The molecule has 0 aromatic carbocycles. The number of hydrogen-bond donors (Lipinski definition) is 1. The Morgan fingerprint density at radius 1 is 1.47 bits per heavy atom. The van der Waals surface area contributed by atoms with E-state index in [1.807, 2.05) is 13.0 Å². The Kier molecular flexibility index (Phi) is 3.64. The Morgan fingerprint density at radius 3 is 2.82 bits per heavy atom. The first-order valence-corrected chi connectivity index (χ1v) is 6.68. The minimum absolute atomic E-state index is 0.0198. The van der Waals surface area contributed by atoms with Crippen LogP contribution in [0.5, 0.6) is 0 Å². The molecule has 0 aliphatic heterocycles. The van der Waals surface area contributed by atoms with E-state index in [-0.39, 0.29) is 6.04 Å². The number of nitrogens with two attached hydrogens (primary N) is 1. The second-order valence-corrected chi connectivity index (χ2v) is 5.50. The van der Waals surface area contributed by atoms with Crippen LogP contribution in [0.1, 0.15) is 39.9 Å². The third kappa shape index (κ3) is 2.58. The van der Waals surface area contributed by atoms with Gasteiger partial charge in [-0.3, -0.25) is 0 Å². The zero-order chi connectivity index (χ0) is 12.4. The number of rotatable bonds is 4. The van der Waals surface area contributed by atoms with Gasteiger partial charge in [0, 0.05) is 29.3 Å². The van der Waals surface area contributed by atoms with Crippen molar-refractivity contribution in [1.82, 2.24) is 4.98 Å². The van der Waals surface area contributed by atoms with Crippen LogP contribution >= 0.6 is 11.3 Å². The van der Waals surface area contributed by atoms with Gasteiger partial charge in [0.1, 0.15) is 5.76 Å². The summed E-state index contributed by atoms with van der Waals surface area (Å²) in [7, 11) is 0. The fourth-order valence-corrected chi connectivity index (χ4v) is 2.89. The Bertz CT molecular complexity index is 482. The first-order chi connectivity index (χ1) is 8.11. The SMILES string of the molecule is CCc1occc1C(N)Cc1nc(C)c(C)s1. The minimum Gasteiger partial charge on any atom is -0.469 e. The van der Waals surface area contributed by atoms with Gasteiger partial charge in [-0.05, 0) is 19.9 Å². The topological polar surface area (TPSA) is 52.0 Å². The third-order valence-corrected chi connectivity index (χ3v) is 4.06. The Balaban J connectivity index is 2.14. The van der Waals surface area contributed by atoms with Crippen molar-refractivity contribution in [3.8, 4) is 0 Å². The van der Waals surface area contributed by atoms with Crippen LogP contribution in [0.2, 0.25) is 0 Å². The normalized spacial score (nSPS) is 12.9. The summed E-state index contributed by atoms with van der Waals surface area (Å²) >= 11 is 1.73. The number of furan rings is 1. The van der Waals surface area contributed by atoms with Gasteiger partial charge in [0.2, 0.25) is 0 Å². The van der Waals surface area contributed by atoms with Crippen LogP contribution < -0.4 is 5.73 Å². The van der Waals surface area contributed by atoms with E-state index in [0.717, 1.165) is 34.9 Å². The fraction of sp³-hybridized carbons (Fsp3) is 0.462. The van der Waals surface area contributed by atoms with E-state index in [0.29, 0.717) is 0 Å². The van der Waals surface area contributed by atoms with E-state index < -0.39 is 0 Å². The van der Waals surface area contributed by atoms with Gasteiger partial charge in [-0.2, -0.15) is 0 Å². The zero-order valence-electron chi connectivity index (χ0n) is 10.5. The second-order valence-electron chi connectivity index (χ2n) is 4.21. The molecule has 92 valence electrons. The van der Waals surface area contributed by atoms with E-state index in [2.05, 4.69) is 18.8 Å². The maximum atomic E-state index is 6.21. The summed E-state index contributed by atoms with van der Waals surface area (Å²) in [6.07, 6.45) is 3.38. The lowest BCUT2D eigenvalue weighted by Gasteiger charge is -2.09. The highest BCUT2D eigenvalue weighted by molar-refractivity contribution is 7.11. The Morgan fingerprint density at radius 2 is 2.24 bits per heavy atom. The predicted molar refractivity (Wildman–Crippen MR) is 70.3 cm³/mol. The molecule has 1 unspecified atom stereocenters. The maximum absolute atomic E-state index is 6.21. The molecule has 0 fully saturated rings. The number of thiazole rings is 1. The lowest BCUT2D eigenvalue weighted by molar-refractivity contribution is 0.505. The number of nitrogens with zero attached hydrogens (tertiary/aromatic N) is 1. The molecule has 0 radical (unpaired) electrons. The van der Waals surface area contributed by atoms with Crippen LogP contribution in [0, 0.1) is 13.8 Å². The quantitative estimate of drug-likeness (QED) is 0.906. The molecule has 1 atom stereocenters. The highest BCUT2D eigenvalue weighted by Crippen LogP contribution is 2.24. The summed E-state index contributed by atoms with van der Waals surface area (Å²) < 4.78 is 5.40. The minimum atomic E-state index is -0.0198. The van der Waals surface area contributed by atoms with Gasteiger partial charge >= 0.3 is 0 Å². The highest BCUT2D eigenvalue weighted by Gasteiger charge is 2.15. The molecule has 17 heavy (non-hydrogen) atoms. The molecule has 0 amide bonds. The third-order valence-electron chi connectivity index (χ3n) is 2.97. The monoisotopic (exact) mass is 250 g/mol. The molecule has 4 heteroatoms. The summed E-state index contributed by atoms with van der Waals surface area (Å²) in [6.45, 7) is 6.21. The highest BCUT2D eigenvalue weighted by atomic mass is 32.1. The van der Waals surface area contributed by atoms with Crippen molar-refractivity contribution >= 4 is 11.3 Å². The molecule has 0 aliphatic carbocycles. The lowest BCUT2D eigenvalue weighted by atomic mass is 10.0. The van der Waals surface area contributed by atoms with Crippen molar-refractivity contribution in [2.45, 2.75) is 39.7 Å². The standard InChI is InChI=1S/C13H18N2OS/c1-4-12-10(5-6-16-12)11(14)7-13-15-8(2)9(3)17-13/h5-6,11H,4,7,14H2,1-3H3. The molecule has 2 aromatic rings. The number of aromatic nitrogens is 1. The summed E-state index contributed by atoms with van der Waals surface area (Å²) in [5.74, 6) is 0.988. The van der Waals surface area contributed by atoms with E-state index in [1.165, 1.54) is 4.88 Å². The van der Waals surface area contributed by atoms with Crippen LogP contribution in [0.3, 0.4) is 0 Å². The van der Waals surface area contributed by atoms with Gasteiger partial charge in [-0.15, -0.1) is 11.3 Å². The molecule has 2 aromatic heterocycles. The van der Waals surface area contributed by atoms with E-state index >= 15 is 0 Å².